The van der Waals surface area contributed by atoms with Crippen LogP contribution >= 0.6 is 0 Å². The Hall–Kier alpha value is -0.660. The molecule has 96 valence electrons. The van der Waals surface area contributed by atoms with E-state index in [0.29, 0.717) is 25.7 Å². The lowest BCUT2D eigenvalue weighted by Crippen LogP contribution is -2.24. The van der Waals surface area contributed by atoms with Gasteiger partial charge in [0.25, 0.3) is 0 Å². The highest BCUT2D eigenvalue weighted by Gasteiger charge is 2.26. The smallest absolute Gasteiger partial charge is 0.0865 e. The number of hydrogen-bond acceptors (Lipinski definition) is 4. The number of sulfonamides is 2. The fourth-order valence-corrected chi connectivity index (χ4v) is 5.49. The quantitative estimate of drug-likeness (QED) is 0.728. The van der Waals surface area contributed by atoms with E-state index in [9.17, 15) is 16.8 Å². The summed E-state index contributed by atoms with van der Waals surface area (Å²) < 4.78 is 50.4. The van der Waals surface area contributed by atoms with Crippen molar-refractivity contribution < 1.29 is 16.8 Å². The zero-order valence-corrected chi connectivity index (χ0v) is 10.8. The molecule has 0 fully saturated rings. The fourth-order valence-electron chi connectivity index (χ4n) is 1.94. The van der Waals surface area contributed by atoms with Crippen molar-refractivity contribution in [1.29, 1.82) is 0 Å². The van der Waals surface area contributed by atoms with Gasteiger partial charge >= 0.3 is 0 Å². The van der Waals surface area contributed by atoms with Crippen LogP contribution in [0.2, 0.25) is 0 Å². The highest BCUT2D eigenvalue weighted by atomic mass is 32.3. The first-order valence-corrected chi connectivity index (χ1v) is 8.44. The molecule has 0 heterocycles. The Morgan fingerprint density at radius 1 is 0.706 bits per heavy atom. The molecule has 17 heavy (non-hydrogen) atoms. The molecule has 0 aromatic heterocycles. The van der Waals surface area contributed by atoms with Crippen LogP contribution in [0.5, 0.6) is 0 Å². The van der Waals surface area contributed by atoms with Crippen LogP contribution in [-0.2, 0) is 20.0 Å². The van der Waals surface area contributed by atoms with E-state index < -0.39 is 30.5 Å². The topological polar surface area (TPSA) is 82.4 Å². The van der Waals surface area contributed by atoms with E-state index >= 15 is 0 Å². The number of nitrogens with zero attached hydrogens (tertiary/aromatic N) is 1. The Bertz CT molecular complexity index is 479. The fraction of sp³-hybridized carbons (Fsp3) is 0.600. The minimum Gasteiger partial charge on any atom is -0.436 e. The van der Waals surface area contributed by atoms with Gasteiger partial charge in [-0.15, -0.1) is 0 Å². The maximum absolute atomic E-state index is 11.8. The molecule has 0 saturated heterocycles. The van der Waals surface area contributed by atoms with Gasteiger partial charge in [0.15, 0.2) is 0 Å². The standard InChI is InChI=1S/C10H14NO4S2/c12-16(13,9-5-1-2-6-9)11-17(14,15)10-7-3-4-8-10/h1-4,9-10H,5-8H2/q-1. The maximum atomic E-state index is 11.8. The molecule has 0 aromatic rings. The number of hydrogen-bond donors (Lipinski definition) is 0. The van der Waals surface area contributed by atoms with Gasteiger partial charge in [0, 0.05) is 0 Å². The van der Waals surface area contributed by atoms with Gasteiger partial charge in [-0.2, -0.15) is 0 Å². The van der Waals surface area contributed by atoms with E-state index in [-0.39, 0.29) is 0 Å². The van der Waals surface area contributed by atoms with Crippen molar-refractivity contribution in [2.75, 3.05) is 0 Å². The Morgan fingerprint density at radius 3 is 1.29 bits per heavy atom. The lowest BCUT2D eigenvalue weighted by Gasteiger charge is -2.27. The summed E-state index contributed by atoms with van der Waals surface area (Å²) in [5.74, 6) is 0. The van der Waals surface area contributed by atoms with Crippen molar-refractivity contribution >= 4 is 20.0 Å². The maximum Gasteiger partial charge on any atom is 0.0865 e. The van der Waals surface area contributed by atoms with Gasteiger partial charge in [-0.1, -0.05) is 24.3 Å². The monoisotopic (exact) mass is 276 g/mol. The Morgan fingerprint density at radius 2 is 1.00 bits per heavy atom. The van der Waals surface area contributed by atoms with Crippen molar-refractivity contribution in [3.8, 4) is 0 Å². The van der Waals surface area contributed by atoms with Gasteiger partial charge in [-0.3, -0.25) is 0 Å². The second-order valence-electron chi connectivity index (χ2n) is 4.23. The van der Waals surface area contributed by atoms with Crippen LogP contribution < -0.4 is 0 Å². The SMILES string of the molecule is O=S(=O)([N-]S(=O)(=O)C1CC=CC1)C1CC=CC1. The van der Waals surface area contributed by atoms with Crippen molar-refractivity contribution in [3.63, 3.8) is 0 Å². The lowest BCUT2D eigenvalue weighted by atomic mass is 10.4. The zero-order chi connectivity index (χ0) is 12.5. The molecule has 7 heteroatoms. The predicted molar refractivity (Wildman–Crippen MR) is 65.5 cm³/mol. The highest BCUT2D eigenvalue weighted by molar-refractivity contribution is 8.12. The average Bonchev–Trinajstić information content (AvgIpc) is 2.91. The summed E-state index contributed by atoms with van der Waals surface area (Å²) in [6.45, 7) is 0. The van der Waals surface area contributed by atoms with Crippen LogP contribution in [0.4, 0.5) is 0 Å². The molecule has 0 aliphatic heterocycles. The second-order valence-corrected chi connectivity index (χ2v) is 8.22. The molecule has 0 spiro atoms. The van der Waals surface area contributed by atoms with Gasteiger partial charge in [0.2, 0.25) is 0 Å². The third kappa shape index (κ3) is 2.78. The first-order valence-electron chi connectivity index (χ1n) is 5.44. The van der Waals surface area contributed by atoms with Crippen LogP contribution in [0, 0.1) is 0 Å². The molecule has 0 aromatic carbocycles. The first-order chi connectivity index (χ1) is 7.92. The van der Waals surface area contributed by atoms with Crippen molar-refractivity contribution in [3.05, 3.63) is 28.4 Å². The van der Waals surface area contributed by atoms with Crippen molar-refractivity contribution in [1.82, 2.24) is 0 Å². The highest BCUT2D eigenvalue weighted by Crippen LogP contribution is 2.30. The third-order valence-electron chi connectivity index (χ3n) is 2.98. The minimum atomic E-state index is -3.91. The molecule has 0 unspecified atom stereocenters. The second kappa shape index (κ2) is 4.55. The van der Waals surface area contributed by atoms with E-state index in [0.717, 1.165) is 0 Å². The summed E-state index contributed by atoms with van der Waals surface area (Å²) in [6.07, 6.45) is 8.36. The Balaban J connectivity index is 2.09. The number of allylic oxidation sites excluding steroid dienone is 4. The molecule has 0 saturated carbocycles. The Labute approximate surface area is 102 Å². The molecule has 0 amide bonds. The van der Waals surface area contributed by atoms with Crippen LogP contribution in [0.25, 0.3) is 4.13 Å². The van der Waals surface area contributed by atoms with Crippen molar-refractivity contribution in [2.45, 2.75) is 36.2 Å². The van der Waals surface area contributed by atoms with Crippen molar-refractivity contribution in [2.24, 2.45) is 0 Å². The van der Waals surface area contributed by atoms with Gasteiger partial charge in [0.1, 0.15) is 0 Å². The van der Waals surface area contributed by atoms with Gasteiger partial charge in [0.05, 0.1) is 30.5 Å². The summed E-state index contributed by atoms with van der Waals surface area (Å²) >= 11 is 0. The normalized spacial score (nSPS) is 22.6. The minimum absolute atomic E-state index is 0.351. The molecule has 2 aliphatic carbocycles. The molecule has 0 bridgehead atoms. The molecule has 5 nitrogen and oxygen atoms in total. The number of rotatable bonds is 4. The largest absolute Gasteiger partial charge is 0.436 e. The summed E-state index contributed by atoms with van der Waals surface area (Å²) in [4.78, 5) is 0. The van der Waals surface area contributed by atoms with Gasteiger partial charge in [-0.25, -0.2) is 16.8 Å². The van der Waals surface area contributed by atoms with E-state index in [1.54, 1.807) is 24.3 Å². The van der Waals surface area contributed by atoms with Crippen LogP contribution in [0.1, 0.15) is 25.7 Å². The van der Waals surface area contributed by atoms with E-state index in [1.807, 2.05) is 0 Å². The molecular formula is C10H14NO4S2-. The molecular weight excluding hydrogens is 262 g/mol. The summed E-state index contributed by atoms with van der Waals surface area (Å²) in [7, 11) is -7.82. The average molecular weight is 276 g/mol. The zero-order valence-electron chi connectivity index (χ0n) is 9.19. The molecule has 2 rings (SSSR count). The van der Waals surface area contributed by atoms with Crippen LogP contribution in [0.3, 0.4) is 0 Å². The first kappa shape index (κ1) is 12.8. The van der Waals surface area contributed by atoms with Gasteiger partial charge < -0.3 is 4.13 Å². The summed E-state index contributed by atoms with van der Waals surface area (Å²) in [6, 6.07) is 0. The predicted octanol–water partition coefficient (Wildman–Crippen LogP) is 1.46. The molecule has 2 aliphatic rings. The summed E-state index contributed by atoms with van der Waals surface area (Å²) in [5.41, 5.74) is 0. The van der Waals surface area contributed by atoms with Crippen LogP contribution in [0.15, 0.2) is 24.3 Å². The van der Waals surface area contributed by atoms with E-state index in [4.69, 9.17) is 0 Å². The van der Waals surface area contributed by atoms with Gasteiger partial charge in [-0.05, 0) is 25.7 Å². The van der Waals surface area contributed by atoms with E-state index in [2.05, 4.69) is 4.13 Å². The molecule has 0 N–H and O–H groups in total. The molecule has 0 atom stereocenters. The third-order valence-corrected chi connectivity index (χ3v) is 7.10. The van der Waals surface area contributed by atoms with Crippen LogP contribution in [-0.4, -0.2) is 27.3 Å². The summed E-state index contributed by atoms with van der Waals surface area (Å²) in [5, 5.41) is -1.40. The lowest BCUT2D eigenvalue weighted by molar-refractivity contribution is 0.580. The van der Waals surface area contributed by atoms with E-state index in [1.165, 1.54) is 0 Å². The molecule has 0 radical (unpaired) electrons. The Kier molecular flexibility index (Phi) is 3.42.